The summed E-state index contributed by atoms with van der Waals surface area (Å²) in [6.07, 6.45) is 0. The van der Waals surface area contributed by atoms with Crippen molar-refractivity contribution < 1.29 is 14.6 Å². The van der Waals surface area contributed by atoms with Gasteiger partial charge in [0.05, 0.1) is 16.8 Å². The molecule has 4 rings (SSSR count). The van der Waals surface area contributed by atoms with Crippen LogP contribution in [0.15, 0.2) is 94.7 Å². The molecule has 4 nitrogen and oxygen atoms in total. The molecule has 1 aromatic heterocycles. The molecule has 0 spiro atoms. The number of fused-ring (bicyclic) bond motifs is 1. The highest BCUT2D eigenvalue weighted by Gasteiger charge is 2.10. The van der Waals surface area contributed by atoms with Crippen molar-refractivity contribution in [2.24, 2.45) is 0 Å². The number of para-hydroxylation sites is 1. The van der Waals surface area contributed by atoms with Crippen molar-refractivity contribution in [2.75, 3.05) is 0 Å². The summed E-state index contributed by atoms with van der Waals surface area (Å²) < 4.78 is 5.84. The summed E-state index contributed by atoms with van der Waals surface area (Å²) >= 11 is 1.42. The van der Waals surface area contributed by atoms with E-state index in [0.29, 0.717) is 17.1 Å². The van der Waals surface area contributed by atoms with Gasteiger partial charge in [0.2, 0.25) is 0 Å². The third-order valence-electron chi connectivity index (χ3n) is 4.21. The molecule has 3 aromatic carbocycles. The molecule has 0 unspecified atom stereocenters. The average molecular weight is 387 g/mol. The molecule has 138 valence electrons. The highest BCUT2D eigenvalue weighted by Crippen LogP contribution is 2.31. The summed E-state index contributed by atoms with van der Waals surface area (Å²) in [5.41, 5.74) is 2.12. The molecular weight excluding hydrogens is 370 g/mol. The van der Waals surface area contributed by atoms with Crippen LogP contribution in [0.3, 0.4) is 0 Å². The predicted molar refractivity (Wildman–Crippen MR) is 110 cm³/mol. The number of ether oxygens (including phenoxy) is 1. The Morgan fingerprint density at radius 2 is 1.64 bits per heavy atom. The fourth-order valence-corrected chi connectivity index (χ4v) is 3.75. The largest absolute Gasteiger partial charge is 0.487 e. The van der Waals surface area contributed by atoms with Gasteiger partial charge in [-0.1, -0.05) is 48.2 Å². The number of hydrogen-bond acceptors (Lipinski definition) is 4. The molecule has 1 heterocycles. The van der Waals surface area contributed by atoms with Gasteiger partial charge in [0.1, 0.15) is 12.4 Å². The first-order chi connectivity index (χ1) is 13.7. The van der Waals surface area contributed by atoms with Gasteiger partial charge in [0.25, 0.3) is 0 Å². The van der Waals surface area contributed by atoms with Gasteiger partial charge in [0, 0.05) is 15.2 Å². The fraction of sp³-hybridized carbons (Fsp3) is 0.0435. The van der Waals surface area contributed by atoms with E-state index in [0.717, 1.165) is 27.2 Å². The maximum atomic E-state index is 11.3. The maximum absolute atomic E-state index is 11.3. The molecule has 0 aliphatic heterocycles. The topological polar surface area (TPSA) is 59.4 Å². The Balaban J connectivity index is 1.42. The van der Waals surface area contributed by atoms with E-state index in [1.165, 1.54) is 11.8 Å². The minimum absolute atomic E-state index is 0.301. The number of carboxylic acid groups (broad SMARTS) is 1. The number of carboxylic acids is 1. The van der Waals surface area contributed by atoms with Crippen LogP contribution >= 0.6 is 11.8 Å². The summed E-state index contributed by atoms with van der Waals surface area (Å²) in [6.45, 7) is 0.388. The summed E-state index contributed by atoms with van der Waals surface area (Å²) in [5.74, 6) is -0.184. The maximum Gasteiger partial charge on any atom is 0.336 e. The number of carbonyl (C=O) groups is 1. The van der Waals surface area contributed by atoms with Crippen molar-refractivity contribution in [2.45, 2.75) is 16.4 Å². The number of benzene rings is 3. The lowest BCUT2D eigenvalue weighted by molar-refractivity contribution is 0.0693. The zero-order chi connectivity index (χ0) is 19.3. The minimum Gasteiger partial charge on any atom is -0.487 e. The SMILES string of the molecule is O=C(O)c1ccccc1Sc1ccc(OCc2ccc3ccccc3n2)cc1. The second kappa shape index (κ2) is 8.15. The van der Waals surface area contributed by atoms with Gasteiger partial charge >= 0.3 is 5.97 Å². The van der Waals surface area contributed by atoms with Gasteiger partial charge < -0.3 is 9.84 Å². The van der Waals surface area contributed by atoms with E-state index in [1.54, 1.807) is 12.1 Å². The summed E-state index contributed by atoms with van der Waals surface area (Å²) in [5, 5.41) is 10.4. The van der Waals surface area contributed by atoms with Crippen LogP contribution in [0.5, 0.6) is 5.75 Å². The van der Waals surface area contributed by atoms with Crippen LogP contribution in [0.25, 0.3) is 10.9 Å². The summed E-state index contributed by atoms with van der Waals surface area (Å²) in [4.78, 5) is 17.6. The Morgan fingerprint density at radius 1 is 0.893 bits per heavy atom. The minimum atomic E-state index is -0.925. The van der Waals surface area contributed by atoms with Crippen LogP contribution in [0.4, 0.5) is 0 Å². The van der Waals surface area contributed by atoms with Crippen LogP contribution in [0.2, 0.25) is 0 Å². The highest BCUT2D eigenvalue weighted by atomic mass is 32.2. The van der Waals surface area contributed by atoms with E-state index in [9.17, 15) is 9.90 Å². The third-order valence-corrected chi connectivity index (χ3v) is 5.30. The Kier molecular flexibility index (Phi) is 5.26. The first kappa shape index (κ1) is 18.1. The first-order valence-corrected chi connectivity index (χ1v) is 9.58. The zero-order valence-corrected chi connectivity index (χ0v) is 15.7. The predicted octanol–water partition coefficient (Wildman–Crippen LogP) is 5.66. The van der Waals surface area contributed by atoms with E-state index in [-0.39, 0.29) is 0 Å². The standard InChI is InChI=1S/C23H17NO3S/c25-23(26)20-6-2-4-8-22(20)28-19-13-11-18(12-14-19)27-15-17-10-9-16-5-1-3-7-21(16)24-17/h1-14H,15H2,(H,25,26). The second-order valence-electron chi connectivity index (χ2n) is 6.16. The highest BCUT2D eigenvalue weighted by molar-refractivity contribution is 7.99. The Hall–Kier alpha value is -3.31. The lowest BCUT2D eigenvalue weighted by atomic mass is 10.2. The molecule has 0 saturated heterocycles. The molecule has 0 atom stereocenters. The molecule has 0 amide bonds. The molecule has 0 aliphatic carbocycles. The molecule has 4 aromatic rings. The Morgan fingerprint density at radius 3 is 2.46 bits per heavy atom. The number of aromatic carboxylic acids is 1. The van der Waals surface area contributed by atoms with Crippen molar-refractivity contribution in [1.29, 1.82) is 0 Å². The van der Waals surface area contributed by atoms with Gasteiger partial charge in [-0.2, -0.15) is 0 Å². The molecule has 0 fully saturated rings. The third kappa shape index (κ3) is 4.15. The zero-order valence-electron chi connectivity index (χ0n) is 14.9. The van der Waals surface area contributed by atoms with Gasteiger partial charge in [-0.3, -0.25) is 0 Å². The fourth-order valence-electron chi connectivity index (χ4n) is 2.81. The summed E-state index contributed by atoms with van der Waals surface area (Å²) in [7, 11) is 0. The summed E-state index contributed by atoms with van der Waals surface area (Å²) in [6, 6.07) is 26.6. The molecule has 0 bridgehead atoms. The smallest absolute Gasteiger partial charge is 0.336 e. The van der Waals surface area contributed by atoms with Gasteiger partial charge in [-0.05, 0) is 48.5 Å². The van der Waals surface area contributed by atoms with Crippen molar-refractivity contribution in [1.82, 2.24) is 4.98 Å². The number of rotatable bonds is 6. The lowest BCUT2D eigenvalue weighted by Crippen LogP contribution is -1.98. The van der Waals surface area contributed by atoms with Gasteiger partial charge in [0.15, 0.2) is 0 Å². The number of nitrogens with zero attached hydrogens (tertiary/aromatic N) is 1. The van der Waals surface area contributed by atoms with Crippen LogP contribution in [0, 0.1) is 0 Å². The Bertz CT molecular complexity index is 1130. The molecule has 0 radical (unpaired) electrons. The number of hydrogen-bond donors (Lipinski definition) is 1. The van der Waals surface area contributed by atoms with Crippen molar-refractivity contribution in [3.8, 4) is 5.75 Å². The molecule has 1 N–H and O–H groups in total. The van der Waals surface area contributed by atoms with Crippen LogP contribution < -0.4 is 4.74 Å². The molecule has 5 heteroatoms. The Labute approximate surface area is 166 Å². The lowest BCUT2D eigenvalue weighted by Gasteiger charge is -2.09. The van der Waals surface area contributed by atoms with Gasteiger partial charge in [-0.15, -0.1) is 0 Å². The van der Waals surface area contributed by atoms with E-state index in [2.05, 4.69) is 4.98 Å². The van der Waals surface area contributed by atoms with E-state index in [1.807, 2.05) is 72.8 Å². The monoisotopic (exact) mass is 387 g/mol. The van der Waals surface area contributed by atoms with Crippen molar-refractivity contribution in [3.05, 3.63) is 96.2 Å². The van der Waals surface area contributed by atoms with Crippen LogP contribution in [0.1, 0.15) is 16.1 Å². The number of aromatic nitrogens is 1. The van der Waals surface area contributed by atoms with E-state index < -0.39 is 5.97 Å². The van der Waals surface area contributed by atoms with E-state index in [4.69, 9.17) is 4.74 Å². The van der Waals surface area contributed by atoms with Crippen molar-refractivity contribution in [3.63, 3.8) is 0 Å². The van der Waals surface area contributed by atoms with Crippen molar-refractivity contribution >= 4 is 28.6 Å². The average Bonchev–Trinajstić information content (AvgIpc) is 2.73. The van der Waals surface area contributed by atoms with E-state index >= 15 is 0 Å². The molecular formula is C23H17NO3S. The molecule has 0 saturated carbocycles. The molecule has 0 aliphatic rings. The first-order valence-electron chi connectivity index (χ1n) is 8.77. The quantitative estimate of drug-likeness (QED) is 0.462. The van der Waals surface area contributed by atoms with Crippen LogP contribution in [-0.4, -0.2) is 16.1 Å². The molecule has 28 heavy (non-hydrogen) atoms. The van der Waals surface area contributed by atoms with Crippen LogP contribution in [-0.2, 0) is 6.61 Å². The van der Waals surface area contributed by atoms with Gasteiger partial charge in [-0.25, -0.2) is 9.78 Å². The number of pyridine rings is 1. The second-order valence-corrected chi connectivity index (χ2v) is 7.27. The normalized spacial score (nSPS) is 10.7.